The molecule has 27 heteroatoms. The molecular formula is C84H92BF20N3O3. The quantitative estimate of drug-likeness (QED) is 0.0353. The molecule has 0 unspecified atom stereocenters. The number of benzene rings is 8. The molecule has 6 N–H and O–H groups in total. The summed E-state index contributed by atoms with van der Waals surface area (Å²) in [5, 5.41) is 33.1. The molecule has 0 aliphatic heterocycles. The molecular weight excluding hydrogens is 1490 g/mol. The predicted octanol–water partition coefficient (Wildman–Crippen LogP) is 23.9. The largest absolute Gasteiger partial charge is 0.631 e. The topological polar surface area (TPSA) is 96.8 Å². The first-order valence-corrected chi connectivity index (χ1v) is 37.8. The first-order valence-electron chi connectivity index (χ1n) is 37.8. The summed E-state index contributed by atoms with van der Waals surface area (Å²) in [4.78, 5) is 0. The van der Waals surface area contributed by atoms with Gasteiger partial charge in [0.05, 0.1) is 22.3 Å². The second-order valence-corrected chi connectivity index (χ2v) is 28.1. The fraction of sp³-hybridized carbons (Fsp3) is 0.429. The van der Waals surface area contributed by atoms with Gasteiger partial charge in [0.25, 0.3) is 0 Å². The normalized spacial score (nSPS) is 16.5. The lowest BCUT2D eigenvalue weighted by atomic mass is 9.91. The van der Waals surface area contributed by atoms with E-state index in [1.54, 1.807) is 24.3 Å². The number of nitrogens with one attached hydrogen (secondary N) is 3. The lowest BCUT2D eigenvalue weighted by Crippen LogP contribution is -2.40. The van der Waals surface area contributed by atoms with Crippen molar-refractivity contribution in [3.8, 4) is 44.5 Å². The third-order valence-electron chi connectivity index (χ3n) is 20.1. The van der Waals surface area contributed by atoms with Crippen molar-refractivity contribution in [2.45, 2.75) is 229 Å². The number of hydrogen-bond acceptors (Lipinski definition) is 6. The van der Waals surface area contributed by atoms with E-state index in [0.29, 0.717) is 0 Å². The summed E-state index contributed by atoms with van der Waals surface area (Å²) in [5.41, 5.74) is -3.94. The van der Waals surface area contributed by atoms with E-state index in [4.69, 9.17) is 15.1 Å². The van der Waals surface area contributed by atoms with E-state index in [0.717, 1.165) is 36.3 Å². The summed E-state index contributed by atoms with van der Waals surface area (Å²) < 4.78 is 261. The summed E-state index contributed by atoms with van der Waals surface area (Å²) in [6, 6.07) is 33.1. The third-order valence-corrected chi connectivity index (χ3v) is 20.1. The summed E-state index contributed by atoms with van der Waals surface area (Å²) in [5.74, 6) is -38.8. The summed E-state index contributed by atoms with van der Waals surface area (Å²) >= 11 is 0. The van der Waals surface area contributed by atoms with Gasteiger partial charge in [0.2, 0.25) is 23.3 Å². The average Bonchev–Trinajstić information content (AvgIpc) is 0.802. The van der Waals surface area contributed by atoms with Crippen LogP contribution >= 0.6 is 0 Å². The molecule has 0 radical (unpaired) electrons. The first-order chi connectivity index (χ1) is 53.2. The molecule has 8 aromatic carbocycles. The van der Waals surface area contributed by atoms with Crippen molar-refractivity contribution in [1.82, 2.24) is 16.0 Å². The Morgan fingerprint density at radius 1 is 0.180 bits per heavy atom. The molecule has 604 valence electrons. The van der Waals surface area contributed by atoms with Crippen LogP contribution in [-0.2, 0) is 0 Å². The lowest BCUT2D eigenvalue weighted by molar-refractivity contribution is 0.278. The van der Waals surface area contributed by atoms with E-state index in [1.807, 2.05) is 0 Å². The van der Waals surface area contributed by atoms with Crippen LogP contribution in [0.1, 0.15) is 193 Å². The monoisotopic (exact) mass is 1580 g/mol. The molecule has 6 saturated carbocycles. The summed E-state index contributed by atoms with van der Waals surface area (Å²) in [6.07, 6.45) is 43.7. The van der Waals surface area contributed by atoms with Gasteiger partial charge in [-0.1, -0.05) is 237 Å². The maximum absolute atomic E-state index is 13.4. The highest BCUT2D eigenvalue weighted by Gasteiger charge is 2.31. The van der Waals surface area contributed by atoms with Gasteiger partial charge in [0, 0.05) is 36.3 Å². The lowest BCUT2D eigenvalue weighted by Gasteiger charge is -2.30. The van der Waals surface area contributed by atoms with E-state index < -0.39 is 146 Å². The van der Waals surface area contributed by atoms with Gasteiger partial charge >= 0.3 is 7.32 Å². The van der Waals surface area contributed by atoms with Crippen LogP contribution in [0, 0.1) is 116 Å². The van der Waals surface area contributed by atoms with E-state index in [1.165, 1.54) is 290 Å². The zero-order valence-corrected chi connectivity index (χ0v) is 61.2. The molecule has 6 fully saturated rings. The first kappa shape index (κ1) is 90.4. The number of hydrogen-bond donors (Lipinski definition) is 6. The zero-order valence-electron chi connectivity index (χ0n) is 61.2. The molecule has 0 amide bonds. The zero-order chi connectivity index (χ0) is 80.7. The van der Waals surface area contributed by atoms with Crippen molar-refractivity contribution in [3.63, 3.8) is 0 Å². The molecule has 14 rings (SSSR count). The third kappa shape index (κ3) is 26.6. The van der Waals surface area contributed by atoms with Gasteiger partial charge in [-0.05, 0) is 99.3 Å². The molecule has 6 aliphatic rings. The highest BCUT2D eigenvalue weighted by Crippen LogP contribution is 2.37. The van der Waals surface area contributed by atoms with Crippen LogP contribution in [0.5, 0.6) is 0 Å². The smallest absolute Gasteiger partial charge is 0.402 e. The van der Waals surface area contributed by atoms with Crippen molar-refractivity contribution >= 4 is 7.32 Å². The Labute approximate surface area is 634 Å². The summed E-state index contributed by atoms with van der Waals surface area (Å²) in [7, 11) is -2.17. The van der Waals surface area contributed by atoms with Crippen LogP contribution in [0.25, 0.3) is 44.5 Å². The second-order valence-electron chi connectivity index (χ2n) is 28.1. The Balaban J connectivity index is 0.000000179. The molecule has 0 spiro atoms. The number of halogens is 20. The Morgan fingerprint density at radius 3 is 0.405 bits per heavy atom. The van der Waals surface area contributed by atoms with Crippen molar-refractivity contribution in [3.05, 3.63) is 238 Å². The van der Waals surface area contributed by atoms with Gasteiger partial charge in [-0.15, -0.1) is 0 Å². The van der Waals surface area contributed by atoms with Gasteiger partial charge in [-0.2, -0.15) is 0 Å². The predicted molar refractivity (Wildman–Crippen MR) is 390 cm³/mol. The van der Waals surface area contributed by atoms with E-state index >= 15 is 0 Å². The van der Waals surface area contributed by atoms with Gasteiger partial charge in [-0.3, -0.25) is 0 Å². The van der Waals surface area contributed by atoms with Gasteiger partial charge in [-0.25, -0.2) is 87.8 Å². The van der Waals surface area contributed by atoms with Gasteiger partial charge in [0.1, 0.15) is 0 Å². The molecule has 0 saturated heterocycles. The van der Waals surface area contributed by atoms with Crippen LogP contribution < -0.4 is 16.0 Å². The SMILES string of the molecule is C1CCC(NC2CCCCC2)CC1.C1CCC(NC2CCCCC2)CC1.C1CCC(NC2CCCCC2)CC1.Fc1c(F)c(F)c(-c2ccccc2)c(F)c1F.Fc1c(F)c(F)c(-c2ccccc2)c(F)c1F.Fc1c(F)c(F)c(-c2ccccc2)c(F)c1F.Fc1c(F)c(F)c(-c2ccccc2)c(F)c1F.OB(O)O. The van der Waals surface area contributed by atoms with Gasteiger partial charge < -0.3 is 31.0 Å². The molecule has 0 bridgehead atoms. The minimum absolute atomic E-state index is 0.0692. The summed E-state index contributed by atoms with van der Waals surface area (Å²) in [6.45, 7) is 0. The highest BCUT2D eigenvalue weighted by atomic mass is 19.2. The minimum atomic E-state index is -2.17. The van der Waals surface area contributed by atoms with Crippen LogP contribution in [-0.4, -0.2) is 58.6 Å². The Kier molecular flexibility index (Phi) is 37.8. The van der Waals surface area contributed by atoms with Gasteiger partial charge in [0.15, 0.2) is 93.1 Å². The van der Waals surface area contributed by atoms with Crippen LogP contribution in [0.15, 0.2) is 121 Å². The Bertz CT molecular complexity index is 3460. The molecule has 6 aliphatic carbocycles. The molecule has 111 heavy (non-hydrogen) atoms. The maximum Gasteiger partial charge on any atom is 0.631 e. The Hall–Kier alpha value is -7.82. The molecule has 8 aromatic rings. The van der Waals surface area contributed by atoms with Crippen molar-refractivity contribution in [1.29, 1.82) is 0 Å². The van der Waals surface area contributed by atoms with E-state index in [-0.39, 0.29) is 22.3 Å². The van der Waals surface area contributed by atoms with Crippen molar-refractivity contribution in [2.75, 3.05) is 0 Å². The van der Waals surface area contributed by atoms with E-state index in [9.17, 15) is 87.8 Å². The van der Waals surface area contributed by atoms with Crippen LogP contribution in [0.4, 0.5) is 87.8 Å². The number of rotatable bonds is 10. The standard InChI is InChI=1S/4C12H5F5.3C12H23N.BH3O3/c4*13-8-7(6-4-2-1-3-5-6)9(14)11(16)12(17)10(8)15;3*1-3-7-11(8-4-1)13-12-9-5-2-6-10-12;2-1(3)4/h4*1-5H;3*11-13H,1-10H2;2-4H. The van der Waals surface area contributed by atoms with E-state index in [2.05, 4.69) is 16.0 Å². The highest BCUT2D eigenvalue weighted by molar-refractivity contribution is 6.30. The molecule has 0 atom stereocenters. The average molecular weight is 1580 g/mol. The molecule has 0 aromatic heterocycles. The Morgan fingerprint density at radius 2 is 0.288 bits per heavy atom. The van der Waals surface area contributed by atoms with Crippen LogP contribution in [0.2, 0.25) is 0 Å². The minimum Gasteiger partial charge on any atom is -0.402 e. The maximum atomic E-state index is 13.4. The van der Waals surface area contributed by atoms with Crippen molar-refractivity contribution in [2.24, 2.45) is 0 Å². The van der Waals surface area contributed by atoms with Crippen molar-refractivity contribution < 1.29 is 103 Å². The second kappa shape index (κ2) is 46.4. The molecule has 0 heterocycles. The molecule has 6 nitrogen and oxygen atoms in total. The fourth-order valence-corrected chi connectivity index (χ4v) is 14.5. The fourth-order valence-electron chi connectivity index (χ4n) is 14.5. The van der Waals surface area contributed by atoms with Crippen LogP contribution in [0.3, 0.4) is 0 Å².